The summed E-state index contributed by atoms with van der Waals surface area (Å²) in [4.78, 5) is 10.8. The van der Waals surface area contributed by atoms with E-state index in [0.717, 1.165) is 0 Å². The molecule has 0 aliphatic carbocycles. The molecule has 0 radical (unpaired) electrons. The highest BCUT2D eigenvalue weighted by molar-refractivity contribution is 5.88. The predicted molar refractivity (Wildman–Crippen MR) is 144 cm³/mol. The van der Waals surface area contributed by atoms with Gasteiger partial charge in [-0.25, -0.2) is 0 Å². The van der Waals surface area contributed by atoms with Crippen LogP contribution in [0.4, 0.5) is 0 Å². The fraction of sp³-hybridized carbons (Fsp3) is 0.226. The van der Waals surface area contributed by atoms with Gasteiger partial charge in [0.05, 0.1) is 0 Å². The second-order valence-electron chi connectivity index (χ2n) is 9.97. The second kappa shape index (κ2) is 7.39. The average Bonchev–Trinajstić information content (AvgIpc) is 3.38. The number of aromatic amines is 3. The Labute approximate surface area is 200 Å². The van der Waals surface area contributed by atoms with Crippen molar-refractivity contribution in [3.63, 3.8) is 0 Å². The number of fused-ring (bicyclic) bond motifs is 3. The number of aromatic nitrogens is 3. The van der Waals surface area contributed by atoms with Gasteiger partial charge in [-0.1, -0.05) is 36.4 Å². The summed E-state index contributed by atoms with van der Waals surface area (Å²) in [6.07, 6.45) is 0. The number of benzene rings is 3. The first-order chi connectivity index (χ1) is 16.3. The highest BCUT2D eigenvalue weighted by Gasteiger charge is 2.20. The first-order valence-electron chi connectivity index (χ1n) is 12.1. The Morgan fingerprint density at radius 2 is 0.735 bits per heavy atom. The van der Waals surface area contributed by atoms with Crippen LogP contribution in [0.15, 0.2) is 54.6 Å². The number of H-pyrrole nitrogens is 3. The van der Waals surface area contributed by atoms with Gasteiger partial charge in [-0.3, -0.25) is 0 Å². The Morgan fingerprint density at radius 3 is 1.03 bits per heavy atom. The standard InChI is InChI=1S/C31H31N3/c1-16-19(4)32-28-13-22(7-10-25(16)28)31(23-8-11-26-17(2)20(5)33-29(26)14-23)24-9-12-27-18(3)21(6)34-30(27)15-24/h7-15,31-34H,1-6H3. The zero-order valence-electron chi connectivity index (χ0n) is 20.8. The van der Waals surface area contributed by atoms with E-state index in [1.807, 2.05) is 0 Å². The number of nitrogens with one attached hydrogen (secondary N) is 3. The normalized spacial score (nSPS) is 12.1. The zero-order valence-corrected chi connectivity index (χ0v) is 20.8. The van der Waals surface area contributed by atoms with Crippen LogP contribution in [0.3, 0.4) is 0 Å². The summed E-state index contributed by atoms with van der Waals surface area (Å²) in [5.41, 5.74) is 15.2. The van der Waals surface area contributed by atoms with Crippen molar-refractivity contribution in [1.82, 2.24) is 15.0 Å². The van der Waals surface area contributed by atoms with Gasteiger partial charge < -0.3 is 15.0 Å². The lowest BCUT2D eigenvalue weighted by Gasteiger charge is -2.20. The number of aryl methyl sites for hydroxylation is 6. The summed E-state index contributed by atoms with van der Waals surface area (Å²) < 4.78 is 0. The van der Waals surface area contributed by atoms with Crippen molar-refractivity contribution in [2.45, 2.75) is 47.5 Å². The molecule has 0 unspecified atom stereocenters. The lowest BCUT2D eigenvalue weighted by atomic mass is 9.84. The molecule has 0 fully saturated rings. The molecular weight excluding hydrogens is 414 g/mol. The van der Waals surface area contributed by atoms with E-state index in [2.05, 4.69) is 111 Å². The van der Waals surface area contributed by atoms with Crippen molar-refractivity contribution in [1.29, 1.82) is 0 Å². The molecule has 6 aromatic rings. The van der Waals surface area contributed by atoms with Crippen LogP contribution in [0.1, 0.15) is 56.4 Å². The summed E-state index contributed by atoms with van der Waals surface area (Å²) >= 11 is 0. The van der Waals surface area contributed by atoms with Crippen molar-refractivity contribution in [3.05, 3.63) is 105 Å². The van der Waals surface area contributed by atoms with Crippen LogP contribution < -0.4 is 0 Å². The molecule has 0 bridgehead atoms. The van der Waals surface area contributed by atoms with Gasteiger partial charge in [0.1, 0.15) is 0 Å². The van der Waals surface area contributed by atoms with Crippen molar-refractivity contribution >= 4 is 32.7 Å². The molecule has 3 aromatic carbocycles. The third kappa shape index (κ3) is 3.03. The van der Waals surface area contributed by atoms with Gasteiger partial charge in [0.25, 0.3) is 0 Å². The summed E-state index contributed by atoms with van der Waals surface area (Å²) in [7, 11) is 0. The second-order valence-corrected chi connectivity index (χ2v) is 9.97. The molecule has 170 valence electrons. The van der Waals surface area contributed by atoms with Crippen LogP contribution in [0, 0.1) is 41.5 Å². The average molecular weight is 446 g/mol. The van der Waals surface area contributed by atoms with Crippen LogP contribution in [0.5, 0.6) is 0 Å². The Morgan fingerprint density at radius 1 is 0.441 bits per heavy atom. The van der Waals surface area contributed by atoms with Crippen molar-refractivity contribution in [2.24, 2.45) is 0 Å². The molecule has 3 aromatic heterocycles. The fourth-order valence-electron chi connectivity index (χ4n) is 5.59. The van der Waals surface area contributed by atoms with E-state index in [1.54, 1.807) is 0 Å². The number of hydrogen-bond acceptors (Lipinski definition) is 0. The number of hydrogen-bond donors (Lipinski definition) is 3. The summed E-state index contributed by atoms with van der Waals surface area (Å²) in [6, 6.07) is 20.8. The molecule has 3 nitrogen and oxygen atoms in total. The van der Waals surface area contributed by atoms with Gasteiger partial charge >= 0.3 is 0 Å². The molecule has 0 saturated heterocycles. The van der Waals surface area contributed by atoms with Crippen molar-refractivity contribution in [3.8, 4) is 0 Å². The van der Waals surface area contributed by atoms with E-state index in [1.165, 1.54) is 83.2 Å². The zero-order chi connectivity index (χ0) is 23.7. The molecular formula is C31H31N3. The van der Waals surface area contributed by atoms with Crippen LogP contribution in [-0.4, -0.2) is 15.0 Å². The summed E-state index contributed by atoms with van der Waals surface area (Å²) in [5.74, 6) is 0.134. The summed E-state index contributed by atoms with van der Waals surface area (Å²) in [6.45, 7) is 13.0. The highest BCUT2D eigenvalue weighted by Crippen LogP contribution is 2.38. The maximum Gasteiger partial charge on any atom is 0.0461 e. The Hall–Kier alpha value is -3.72. The van der Waals surface area contributed by atoms with E-state index in [0.29, 0.717) is 0 Å². The fourth-order valence-corrected chi connectivity index (χ4v) is 5.59. The molecule has 34 heavy (non-hydrogen) atoms. The monoisotopic (exact) mass is 445 g/mol. The van der Waals surface area contributed by atoms with Gasteiger partial charge in [-0.05, 0) is 93.1 Å². The Kier molecular flexibility index (Phi) is 4.54. The largest absolute Gasteiger partial charge is 0.358 e. The maximum absolute atomic E-state index is 3.59. The molecule has 0 aliphatic rings. The number of rotatable bonds is 3. The van der Waals surface area contributed by atoms with Crippen LogP contribution in [0.25, 0.3) is 32.7 Å². The van der Waals surface area contributed by atoms with Gasteiger partial charge in [-0.15, -0.1) is 0 Å². The first-order valence-corrected chi connectivity index (χ1v) is 12.1. The van der Waals surface area contributed by atoms with Crippen LogP contribution in [0.2, 0.25) is 0 Å². The minimum Gasteiger partial charge on any atom is -0.358 e. The maximum atomic E-state index is 3.59. The molecule has 0 aliphatic heterocycles. The van der Waals surface area contributed by atoms with Crippen LogP contribution >= 0.6 is 0 Å². The molecule has 6 rings (SSSR count). The van der Waals surface area contributed by atoms with Gasteiger partial charge in [-0.2, -0.15) is 0 Å². The third-order valence-electron chi connectivity index (χ3n) is 8.00. The molecule has 3 heteroatoms. The highest BCUT2D eigenvalue weighted by atomic mass is 14.7. The topological polar surface area (TPSA) is 47.4 Å². The lowest BCUT2D eigenvalue weighted by Crippen LogP contribution is -2.04. The van der Waals surface area contributed by atoms with Gasteiger partial charge in [0, 0.05) is 55.7 Å². The van der Waals surface area contributed by atoms with E-state index in [9.17, 15) is 0 Å². The van der Waals surface area contributed by atoms with Crippen LogP contribution in [-0.2, 0) is 0 Å². The third-order valence-corrected chi connectivity index (χ3v) is 8.00. The molecule has 0 saturated carbocycles. The lowest BCUT2D eigenvalue weighted by molar-refractivity contribution is 0.984. The van der Waals surface area contributed by atoms with E-state index in [4.69, 9.17) is 0 Å². The quantitative estimate of drug-likeness (QED) is 0.230. The Balaban J connectivity index is 1.59. The molecule has 0 amide bonds. The molecule has 3 heterocycles. The van der Waals surface area contributed by atoms with E-state index in [-0.39, 0.29) is 5.92 Å². The smallest absolute Gasteiger partial charge is 0.0461 e. The minimum absolute atomic E-state index is 0.134. The molecule has 0 spiro atoms. The van der Waals surface area contributed by atoms with Crippen molar-refractivity contribution in [2.75, 3.05) is 0 Å². The van der Waals surface area contributed by atoms with E-state index < -0.39 is 0 Å². The summed E-state index contributed by atoms with van der Waals surface area (Å²) in [5, 5.41) is 3.91. The minimum atomic E-state index is 0.134. The SMILES string of the molecule is Cc1[nH]c2cc(C(c3ccc4c(C)c(C)[nH]c4c3)c3ccc4c(C)c(C)[nH]c4c3)ccc2c1C. The predicted octanol–water partition coefficient (Wildman–Crippen LogP) is 8.16. The van der Waals surface area contributed by atoms with Gasteiger partial charge in [0.2, 0.25) is 0 Å². The molecule has 0 atom stereocenters. The van der Waals surface area contributed by atoms with Gasteiger partial charge in [0.15, 0.2) is 0 Å². The Bertz CT molecular complexity index is 1520. The first kappa shape index (κ1) is 20.9. The molecule has 3 N–H and O–H groups in total. The van der Waals surface area contributed by atoms with E-state index >= 15 is 0 Å². The van der Waals surface area contributed by atoms with Crippen molar-refractivity contribution < 1.29 is 0 Å².